The van der Waals surface area contributed by atoms with Crippen molar-refractivity contribution in [3.63, 3.8) is 0 Å². The van der Waals surface area contributed by atoms with E-state index in [4.69, 9.17) is 16.4 Å². The molecule has 0 aliphatic rings. The van der Waals surface area contributed by atoms with Gasteiger partial charge in [0.05, 0.1) is 19.4 Å². The summed E-state index contributed by atoms with van der Waals surface area (Å²) in [7, 11) is 0. The molecule has 0 saturated heterocycles. The molecule has 1 aromatic rings. The number of amides is 1. The van der Waals surface area contributed by atoms with E-state index in [0.29, 0.717) is 0 Å². The molecule has 0 radical (unpaired) electrons. The van der Waals surface area contributed by atoms with Crippen LogP contribution in [0.25, 0.3) is 0 Å². The van der Waals surface area contributed by atoms with Crippen LogP contribution in [0.3, 0.4) is 0 Å². The molecule has 5 nitrogen and oxygen atoms in total. The number of hydrazone groups is 1. The third-order valence-corrected chi connectivity index (χ3v) is 3.57. The third-order valence-electron chi connectivity index (χ3n) is 1.96. The highest BCUT2D eigenvalue weighted by Gasteiger charge is 2.07. The van der Waals surface area contributed by atoms with E-state index < -0.39 is 5.91 Å². The minimum absolute atomic E-state index is 0.212. The lowest BCUT2D eigenvalue weighted by Crippen LogP contribution is -2.16. The molecule has 0 bridgehead atoms. The normalized spacial score (nSPS) is 9.80. The van der Waals surface area contributed by atoms with E-state index in [1.165, 1.54) is 6.21 Å². The van der Waals surface area contributed by atoms with Crippen molar-refractivity contribution in [2.24, 2.45) is 5.10 Å². The van der Waals surface area contributed by atoms with Crippen LogP contribution in [-0.4, -0.2) is 18.7 Å². The number of rotatable bonds is 5. The van der Waals surface area contributed by atoms with Crippen LogP contribution in [0.15, 0.2) is 17.2 Å². The van der Waals surface area contributed by atoms with Crippen LogP contribution < -0.4 is 10.2 Å². The Morgan fingerprint density at radius 2 is 2.15 bits per heavy atom. The average molecular weight is 493 g/mol. The lowest BCUT2D eigenvalue weighted by atomic mass is 10.2. The van der Waals surface area contributed by atoms with Crippen molar-refractivity contribution in [3.8, 4) is 24.2 Å². The van der Waals surface area contributed by atoms with Crippen molar-refractivity contribution in [3.05, 3.63) is 24.8 Å². The van der Waals surface area contributed by atoms with Crippen molar-refractivity contribution < 1.29 is 9.53 Å². The molecule has 0 fully saturated rings. The van der Waals surface area contributed by atoms with Crippen molar-refractivity contribution in [2.45, 2.75) is 6.42 Å². The van der Waals surface area contributed by atoms with Gasteiger partial charge in [-0.05, 0) is 62.9 Å². The fraction of sp³-hybridized carbons (Fsp3) is 0.154. The Morgan fingerprint density at radius 1 is 1.50 bits per heavy atom. The van der Waals surface area contributed by atoms with Crippen LogP contribution in [0, 0.1) is 30.8 Å². The molecule has 0 saturated carbocycles. The first-order valence-electron chi connectivity index (χ1n) is 5.32. The van der Waals surface area contributed by atoms with Crippen LogP contribution in [0.2, 0.25) is 0 Å². The Morgan fingerprint density at radius 3 is 2.70 bits per heavy atom. The summed E-state index contributed by atoms with van der Waals surface area (Å²) in [6.45, 7) is 0.212. The molecule has 7 heteroatoms. The SMILES string of the molecule is C#CCOc1c(I)cc(C=NNC(=O)CC#N)cc1I. The number of terminal acetylenes is 1. The number of hydrogen-bond acceptors (Lipinski definition) is 4. The fourth-order valence-corrected chi connectivity index (χ4v) is 3.32. The van der Waals surface area contributed by atoms with Crippen molar-refractivity contribution in [1.29, 1.82) is 5.26 Å². The highest BCUT2D eigenvalue weighted by atomic mass is 127. The van der Waals surface area contributed by atoms with Gasteiger partial charge in [-0.1, -0.05) is 5.92 Å². The van der Waals surface area contributed by atoms with E-state index in [9.17, 15) is 4.79 Å². The number of carbonyl (C=O) groups excluding carboxylic acids is 1. The summed E-state index contributed by atoms with van der Waals surface area (Å²) in [5, 5.41) is 12.1. The van der Waals surface area contributed by atoms with Crippen LogP contribution in [0.5, 0.6) is 5.75 Å². The predicted molar refractivity (Wildman–Crippen MR) is 92.2 cm³/mol. The van der Waals surface area contributed by atoms with Gasteiger partial charge in [0, 0.05) is 0 Å². The predicted octanol–water partition coefficient (Wildman–Crippen LogP) is 2.27. The molecule has 0 spiro atoms. The standard InChI is InChI=1S/C13H9I2N3O2/c1-2-5-20-13-10(14)6-9(7-11(13)15)8-17-18-12(19)3-4-16/h1,6-8H,3,5H2,(H,18,19). The fourth-order valence-electron chi connectivity index (χ4n) is 1.20. The molecule has 1 N–H and O–H groups in total. The van der Waals surface area contributed by atoms with Gasteiger partial charge in [0.25, 0.3) is 5.91 Å². The summed E-state index contributed by atoms with van der Waals surface area (Å²) in [6.07, 6.45) is 6.45. The Kier molecular flexibility index (Phi) is 7.33. The van der Waals surface area contributed by atoms with E-state index in [2.05, 4.69) is 61.6 Å². The van der Waals surface area contributed by atoms with Crippen molar-refractivity contribution >= 4 is 57.3 Å². The quantitative estimate of drug-likeness (QED) is 0.296. The average Bonchev–Trinajstić information content (AvgIpc) is 2.38. The topological polar surface area (TPSA) is 74.5 Å². The number of nitrogens with one attached hydrogen (secondary N) is 1. The highest BCUT2D eigenvalue weighted by molar-refractivity contribution is 14.1. The van der Waals surface area contributed by atoms with Crippen LogP contribution >= 0.6 is 45.2 Å². The molecular formula is C13H9I2N3O2. The van der Waals surface area contributed by atoms with Gasteiger partial charge < -0.3 is 4.74 Å². The third kappa shape index (κ3) is 5.35. The van der Waals surface area contributed by atoms with Gasteiger partial charge in [0.2, 0.25) is 0 Å². The van der Waals surface area contributed by atoms with Crippen molar-refractivity contribution in [1.82, 2.24) is 5.43 Å². The zero-order valence-corrected chi connectivity index (χ0v) is 14.5. The van der Waals surface area contributed by atoms with E-state index in [1.807, 2.05) is 12.1 Å². The van der Waals surface area contributed by atoms with Gasteiger partial charge in [-0.2, -0.15) is 10.4 Å². The van der Waals surface area contributed by atoms with Gasteiger partial charge >= 0.3 is 0 Å². The minimum atomic E-state index is -0.442. The maximum Gasteiger partial charge on any atom is 0.254 e. The zero-order valence-electron chi connectivity index (χ0n) is 10.2. The summed E-state index contributed by atoms with van der Waals surface area (Å²) in [4.78, 5) is 11.1. The summed E-state index contributed by atoms with van der Waals surface area (Å²) < 4.78 is 7.24. The number of nitriles is 1. The van der Waals surface area contributed by atoms with Crippen molar-refractivity contribution in [2.75, 3.05) is 6.61 Å². The summed E-state index contributed by atoms with van der Waals surface area (Å²) in [5.74, 6) is 2.70. The molecule has 1 rings (SSSR count). The number of ether oxygens (including phenoxy) is 1. The highest BCUT2D eigenvalue weighted by Crippen LogP contribution is 2.28. The Bertz CT molecular complexity index is 592. The number of carbonyl (C=O) groups is 1. The number of halogens is 2. The number of hydrogen-bond donors (Lipinski definition) is 1. The molecule has 1 aromatic carbocycles. The first-order chi connectivity index (χ1) is 9.58. The van der Waals surface area contributed by atoms with Gasteiger partial charge in [-0.25, -0.2) is 5.43 Å². The lowest BCUT2D eigenvalue weighted by molar-refractivity contribution is -0.120. The second kappa shape index (κ2) is 8.76. The molecule has 1 amide bonds. The monoisotopic (exact) mass is 493 g/mol. The molecular weight excluding hydrogens is 484 g/mol. The Balaban J connectivity index is 2.79. The van der Waals surface area contributed by atoms with E-state index in [0.717, 1.165) is 18.5 Å². The summed E-state index contributed by atoms with van der Waals surface area (Å²) in [5.41, 5.74) is 3.07. The summed E-state index contributed by atoms with van der Waals surface area (Å²) >= 11 is 4.28. The molecule has 0 unspecified atom stereocenters. The largest absolute Gasteiger partial charge is 0.479 e. The summed E-state index contributed by atoms with van der Waals surface area (Å²) in [6, 6.07) is 5.45. The molecule has 0 atom stereocenters. The first-order valence-corrected chi connectivity index (χ1v) is 7.48. The second-order valence-corrected chi connectivity index (χ2v) is 5.76. The molecule has 102 valence electrons. The molecule has 0 aliphatic carbocycles. The van der Waals surface area contributed by atoms with Crippen LogP contribution in [0.1, 0.15) is 12.0 Å². The van der Waals surface area contributed by atoms with Gasteiger partial charge in [-0.15, -0.1) is 6.42 Å². The van der Waals surface area contributed by atoms with Gasteiger partial charge in [0.1, 0.15) is 18.8 Å². The smallest absolute Gasteiger partial charge is 0.254 e. The first kappa shape index (κ1) is 16.7. The van der Waals surface area contributed by atoms with E-state index in [1.54, 1.807) is 6.07 Å². The molecule has 0 aliphatic heterocycles. The van der Waals surface area contributed by atoms with Crippen LogP contribution in [0.4, 0.5) is 0 Å². The van der Waals surface area contributed by atoms with E-state index >= 15 is 0 Å². The molecule has 20 heavy (non-hydrogen) atoms. The number of nitrogens with zero attached hydrogens (tertiary/aromatic N) is 2. The van der Waals surface area contributed by atoms with Gasteiger partial charge in [-0.3, -0.25) is 4.79 Å². The molecule has 0 heterocycles. The number of benzene rings is 1. The van der Waals surface area contributed by atoms with Crippen LogP contribution in [-0.2, 0) is 4.79 Å². The van der Waals surface area contributed by atoms with E-state index in [-0.39, 0.29) is 13.0 Å². The van der Waals surface area contributed by atoms with Gasteiger partial charge in [0.15, 0.2) is 0 Å². The Hall–Kier alpha value is -1.33. The minimum Gasteiger partial charge on any atom is -0.479 e. The maximum atomic E-state index is 11.1. The second-order valence-electron chi connectivity index (χ2n) is 3.43. The maximum absolute atomic E-state index is 11.1. The zero-order chi connectivity index (χ0) is 15.0. The lowest BCUT2D eigenvalue weighted by Gasteiger charge is -2.08. The molecule has 0 aromatic heterocycles. The Labute approximate surface area is 144 Å².